The van der Waals surface area contributed by atoms with E-state index in [1.807, 2.05) is 35.2 Å². The number of aliphatic hydroxyl groups excluding tert-OH is 1. The quantitative estimate of drug-likeness (QED) is 0.837. The fraction of sp³-hybridized carbons (Fsp3) is 0.474. The summed E-state index contributed by atoms with van der Waals surface area (Å²) in [7, 11) is 1.62. The second-order valence-corrected chi connectivity index (χ2v) is 6.46. The molecule has 1 aliphatic heterocycles. The molecule has 3 rings (SSSR count). The number of aromatic nitrogens is 2. The number of likely N-dealkylation sites (tertiary alicyclic amines) is 1. The largest absolute Gasteiger partial charge is 0.396 e. The van der Waals surface area contributed by atoms with E-state index in [1.165, 1.54) is 0 Å². The average Bonchev–Trinajstić information content (AvgIpc) is 3.28. The zero-order chi connectivity index (χ0) is 17.6. The monoisotopic (exact) mass is 343 g/mol. The third-order valence-electron chi connectivity index (χ3n) is 4.72. The summed E-state index contributed by atoms with van der Waals surface area (Å²) in [5.41, 5.74) is 2.29. The van der Waals surface area contributed by atoms with Gasteiger partial charge in [-0.1, -0.05) is 18.2 Å². The Morgan fingerprint density at radius 3 is 2.88 bits per heavy atom. The van der Waals surface area contributed by atoms with Gasteiger partial charge in [-0.15, -0.1) is 0 Å². The molecule has 1 amide bonds. The molecule has 1 atom stereocenters. The molecule has 6 nitrogen and oxygen atoms in total. The van der Waals surface area contributed by atoms with Gasteiger partial charge in [0.1, 0.15) is 0 Å². The highest BCUT2D eigenvalue weighted by Crippen LogP contribution is 2.24. The van der Waals surface area contributed by atoms with Gasteiger partial charge in [0.15, 0.2) is 0 Å². The Labute approximate surface area is 148 Å². The minimum absolute atomic E-state index is 0.0146. The van der Waals surface area contributed by atoms with Gasteiger partial charge in [-0.25, -0.2) is 4.68 Å². The first-order chi connectivity index (χ1) is 12.2. The number of hydrogen-bond donors (Lipinski definition) is 1. The van der Waals surface area contributed by atoms with Gasteiger partial charge in [-0.2, -0.15) is 5.10 Å². The third kappa shape index (κ3) is 3.91. The molecule has 0 spiro atoms. The van der Waals surface area contributed by atoms with E-state index in [1.54, 1.807) is 18.0 Å². The van der Waals surface area contributed by atoms with Crippen molar-refractivity contribution < 1.29 is 14.6 Å². The van der Waals surface area contributed by atoms with Crippen LogP contribution in [0.2, 0.25) is 0 Å². The highest BCUT2D eigenvalue weighted by molar-refractivity contribution is 5.95. The van der Waals surface area contributed by atoms with Crippen molar-refractivity contribution in [2.45, 2.75) is 25.9 Å². The molecule has 25 heavy (non-hydrogen) atoms. The van der Waals surface area contributed by atoms with Gasteiger partial charge in [-0.3, -0.25) is 4.79 Å². The van der Waals surface area contributed by atoms with E-state index in [-0.39, 0.29) is 12.5 Å². The Kier molecular flexibility index (Phi) is 5.83. The van der Waals surface area contributed by atoms with Gasteiger partial charge in [0.2, 0.25) is 0 Å². The van der Waals surface area contributed by atoms with Crippen molar-refractivity contribution in [1.29, 1.82) is 0 Å². The van der Waals surface area contributed by atoms with E-state index >= 15 is 0 Å². The van der Waals surface area contributed by atoms with Crippen molar-refractivity contribution in [3.8, 4) is 5.69 Å². The molecule has 1 saturated heterocycles. The number of carbonyl (C=O) groups is 1. The van der Waals surface area contributed by atoms with Crippen LogP contribution in [0, 0.1) is 5.92 Å². The summed E-state index contributed by atoms with van der Waals surface area (Å²) >= 11 is 0. The van der Waals surface area contributed by atoms with Crippen molar-refractivity contribution in [3.05, 3.63) is 47.8 Å². The fourth-order valence-electron chi connectivity index (χ4n) is 3.42. The molecular formula is C19H25N3O3. The smallest absolute Gasteiger partial charge is 0.257 e. The zero-order valence-electron chi connectivity index (χ0n) is 14.6. The number of hydrogen-bond acceptors (Lipinski definition) is 4. The molecular weight excluding hydrogens is 318 g/mol. The van der Waals surface area contributed by atoms with Gasteiger partial charge in [0, 0.05) is 26.8 Å². The van der Waals surface area contributed by atoms with Crippen molar-refractivity contribution in [2.24, 2.45) is 5.92 Å². The highest BCUT2D eigenvalue weighted by Gasteiger charge is 2.29. The summed E-state index contributed by atoms with van der Waals surface area (Å²) in [6.45, 7) is 2.06. The van der Waals surface area contributed by atoms with Gasteiger partial charge in [0.25, 0.3) is 5.91 Å². The van der Waals surface area contributed by atoms with Crippen LogP contribution in [0.3, 0.4) is 0 Å². The first kappa shape index (κ1) is 17.6. The molecule has 0 bridgehead atoms. The van der Waals surface area contributed by atoms with E-state index in [0.717, 1.165) is 43.7 Å². The number of methoxy groups -OCH3 is 1. The maximum Gasteiger partial charge on any atom is 0.257 e. The lowest BCUT2D eigenvalue weighted by Crippen LogP contribution is -2.29. The molecule has 1 aliphatic rings. The summed E-state index contributed by atoms with van der Waals surface area (Å²) < 4.78 is 7.09. The summed E-state index contributed by atoms with van der Waals surface area (Å²) in [4.78, 5) is 14.9. The predicted molar refractivity (Wildman–Crippen MR) is 94.6 cm³/mol. The Morgan fingerprint density at radius 2 is 2.16 bits per heavy atom. The molecule has 1 aromatic carbocycles. The maximum atomic E-state index is 13.0. The number of benzene rings is 1. The Balaban J connectivity index is 1.80. The number of nitrogens with zero attached hydrogens (tertiary/aromatic N) is 3. The van der Waals surface area contributed by atoms with Gasteiger partial charge < -0.3 is 14.7 Å². The molecule has 2 aromatic rings. The molecule has 2 heterocycles. The van der Waals surface area contributed by atoms with Crippen LogP contribution in [0.5, 0.6) is 0 Å². The lowest BCUT2D eigenvalue weighted by Gasteiger charge is -2.17. The van der Waals surface area contributed by atoms with Crippen LogP contribution in [0.4, 0.5) is 0 Å². The lowest BCUT2D eigenvalue weighted by atomic mass is 10.0. The van der Waals surface area contributed by atoms with Gasteiger partial charge in [-0.05, 0) is 37.3 Å². The minimum atomic E-state index is 0.0146. The van der Waals surface area contributed by atoms with Crippen LogP contribution in [-0.4, -0.2) is 52.5 Å². The van der Waals surface area contributed by atoms with Crippen molar-refractivity contribution in [1.82, 2.24) is 14.7 Å². The summed E-state index contributed by atoms with van der Waals surface area (Å²) in [5.74, 6) is 0.492. The van der Waals surface area contributed by atoms with Crippen LogP contribution < -0.4 is 0 Å². The molecule has 1 unspecified atom stereocenters. The zero-order valence-corrected chi connectivity index (χ0v) is 14.6. The molecule has 1 aromatic heterocycles. The Bertz CT molecular complexity index is 699. The van der Waals surface area contributed by atoms with E-state index in [4.69, 9.17) is 9.84 Å². The molecule has 0 aliphatic carbocycles. The number of rotatable bonds is 7. The molecule has 0 radical (unpaired) electrons. The van der Waals surface area contributed by atoms with Crippen LogP contribution >= 0.6 is 0 Å². The van der Waals surface area contributed by atoms with Crippen LogP contribution in [0.1, 0.15) is 35.3 Å². The molecule has 0 saturated carbocycles. The first-order valence-corrected chi connectivity index (χ1v) is 8.76. The minimum Gasteiger partial charge on any atom is -0.396 e. The first-order valence-electron chi connectivity index (χ1n) is 8.76. The Hall–Kier alpha value is -2.18. The molecule has 1 N–H and O–H groups in total. The Morgan fingerprint density at radius 1 is 1.36 bits per heavy atom. The van der Waals surface area contributed by atoms with Crippen LogP contribution in [0.15, 0.2) is 36.5 Å². The SMILES string of the molecule is COCc1c(C(=O)N2CCC(CCCO)C2)cnn1-c1ccccc1. The fourth-order valence-corrected chi connectivity index (χ4v) is 3.42. The second-order valence-electron chi connectivity index (χ2n) is 6.46. The van der Waals surface area contributed by atoms with Crippen molar-refractivity contribution >= 4 is 5.91 Å². The van der Waals surface area contributed by atoms with Gasteiger partial charge in [0.05, 0.1) is 29.7 Å². The standard InChI is InChI=1S/C19H25N3O3/c1-25-14-18-17(12-20-22(18)16-7-3-2-4-8-16)19(24)21-10-9-15(13-21)6-5-11-23/h2-4,7-8,12,15,23H,5-6,9-11,13-14H2,1H3. The number of carbonyl (C=O) groups excluding carboxylic acids is 1. The van der Waals surface area contributed by atoms with E-state index in [9.17, 15) is 4.79 Å². The highest BCUT2D eigenvalue weighted by atomic mass is 16.5. The molecule has 1 fully saturated rings. The predicted octanol–water partition coefficient (Wildman–Crippen LogP) is 2.25. The van der Waals surface area contributed by atoms with Crippen LogP contribution in [-0.2, 0) is 11.3 Å². The number of para-hydroxylation sites is 1. The number of amides is 1. The number of aliphatic hydroxyl groups is 1. The second kappa shape index (κ2) is 8.27. The van der Waals surface area contributed by atoms with E-state index in [2.05, 4.69) is 5.10 Å². The topological polar surface area (TPSA) is 67.6 Å². The van der Waals surface area contributed by atoms with E-state index < -0.39 is 0 Å². The summed E-state index contributed by atoms with van der Waals surface area (Å²) in [6, 6.07) is 9.76. The van der Waals surface area contributed by atoms with Crippen molar-refractivity contribution in [3.63, 3.8) is 0 Å². The molecule has 134 valence electrons. The normalized spacial score (nSPS) is 17.2. The van der Waals surface area contributed by atoms with Gasteiger partial charge >= 0.3 is 0 Å². The summed E-state index contributed by atoms with van der Waals surface area (Å²) in [5, 5.41) is 13.4. The number of ether oxygens (including phenoxy) is 1. The lowest BCUT2D eigenvalue weighted by molar-refractivity contribution is 0.0781. The van der Waals surface area contributed by atoms with Crippen molar-refractivity contribution in [2.75, 3.05) is 26.8 Å². The third-order valence-corrected chi connectivity index (χ3v) is 4.72. The molecule has 6 heteroatoms. The average molecular weight is 343 g/mol. The summed E-state index contributed by atoms with van der Waals surface area (Å²) in [6.07, 6.45) is 4.41. The maximum absolute atomic E-state index is 13.0. The van der Waals surface area contributed by atoms with E-state index in [0.29, 0.717) is 18.1 Å². The van der Waals surface area contributed by atoms with Crippen LogP contribution in [0.25, 0.3) is 5.69 Å².